The van der Waals surface area contributed by atoms with Gasteiger partial charge in [-0.25, -0.2) is 9.18 Å². The van der Waals surface area contributed by atoms with Gasteiger partial charge < -0.3 is 14.6 Å². The van der Waals surface area contributed by atoms with E-state index < -0.39 is 11.8 Å². The average Bonchev–Trinajstić information content (AvgIpc) is 2.85. The second-order valence-corrected chi connectivity index (χ2v) is 6.11. The third kappa shape index (κ3) is 3.85. The molecule has 0 saturated heterocycles. The molecule has 1 aromatic carbocycles. The number of H-pyrrole nitrogens is 1. The Hall–Kier alpha value is -2.34. The number of aromatic amines is 1. The van der Waals surface area contributed by atoms with Crippen LogP contribution in [0.4, 0.5) is 4.39 Å². The van der Waals surface area contributed by atoms with E-state index in [2.05, 4.69) is 4.98 Å². The molecule has 0 bridgehead atoms. The van der Waals surface area contributed by atoms with Gasteiger partial charge in [0.2, 0.25) is 0 Å². The topological polar surface area (TPSA) is 62.4 Å². The third-order valence-corrected chi connectivity index (χ3v) is 4.29. The third-order valence-electron chi connectivity index (χ3n) is 3.93. The number of aromatic nitrogens is 1. The Bertz CT molecular complexity index is 797. The van der Waals surface area contributed by atoms with Crippen LogP contribution in [0, 0.1) is 19.7 Å². The number of benzene rings is 1. The van der Waals surface area contributed by atoms with Crippen LogP contribution in [0.1, 0.15) is 44.6 Å². The van der Waals surface area contributed by atoms with Crippen LogP contribution in [0.25, 0.3) is 0 Å². The Morgan fingerprint density at radius 1 is 1.32 bits per heavy atom. The van der Waals surface area contributed by atoms with E-state index in [1.165, 1.54) is 17.0 Å². The zero-order valence-electron chi connectivity index (χ0n) is 14.6. The van der Waals surface area contributed by atoms with Gasteiger partial charge in [-0.15, -0.1) is 0 Å². The molecule has 1 aromatic heterocycles. The molecule has 7 heteroatoms. The van der Waals surface area contributed by atoms with Crippen LogP contribution in [0.3, 0.4) is 0 Å². The van der Waals surface area contributed by atoms with Crippen LogP contribution in [0.15, 0.2) is 18.2 Å². The van der Waals surface area contributed by atoms with Gasteiger partial charge in [-0.3, -0.25) is 4.79 Å². The smallest absolute Gasteiger partial charge is 0.340 e. The predicted molar refractivity (Wildman–Crippen MR) is 93.4 cm³/mol. The van der Waals surface area contributed by atoms with Crippen molar-refractivity contribution < 1.29 is 18.7 Å². The number of aryl methyl sites for hydroxylation is 1. The van der Waals surface area contributed by atoms with Gasteiger partial charge >= 0.3 is 5.97 Å². The molecule has 0 fully saturated rings. The highest BCUT2D eigenvalue weighted by Gasteiger charge is 2.25. The van der Waals surface area contributed by atoms with Crippen molar-refractivity contribution in [3.63, 3.8) is 0 Å². The molecule has 0 saturated carbocycles. The van der Waals surface area contributed by atoms with Crippen molar-refractivity contribution in [1.29, 1.82) is 0 Å². The number of halogens is 2. The van der Waals surface area contributed by atoms with Gasteiger partial charge in [-0.2, -0.15) is 0 Å². The number of nitrogens with one attached hydrogen (secondary N) is 1. The molecule has 134 valence electrons. The molecule has 2 rings (SSSR count). The quantitative estimate of drug-likeness (QED) is 0.817. The number of amides is 1. The Morgan fingerprint density at radius 3 is 2.60 bits per heavy atom. The maximum atomic E-state index is 13.9. The molecule has 0 aliphatic carbocycles. The van der Waals surface area contributed by atoms with Crippen molar-refractivity contribution in [2.24, 2.45) is 0 Å². The van der Waals surface area contributed by atoms with Gasteiger partial charge in [-0.1, -0.05) is 17.7 Å². The van der Waals surface area contributed by atoms with Crippen LogP contribution in [0.5, 0.6) is 0 Å². The minimum atomic E-state index is -0.479. The summed E-state index contributed by atoms with van der Waals surface area (Å²) >= 11 is 6.01. The molecule has 0 spiro atoms. The molecule has 0 aliphatic rings. The van der Waals surface area contributed by atoms with Crippen LogP contribution in [-0.2, 0) is 11.3 Å². The molecule has 0 aliphatic heterocycles. The molecule has 0 unspecified atom stereocenters. The first kappa shape index (κ1) is 19.0. The SMILES string of the molecule is CCOC(=O)c1c(C)[nH]c(C(=O)N(C)Cc2c(F)cccc2Cl)c1C. The summed E-state index contributed by atoms with van der Waals surface area (Å²) in [5.41, 5.74) is 1.92. The maximum absolute atomic E-state index is 13.9. The van der Waals surface area contributed by atoms with Crippen molar-refractivity contribution in [2.45, 2.75) is 27.3 Å². The van der Waals surface area contributed by atoms with Crippen LogP contribution in [0.2, 0.25) is 5.02 Å². The van der Waals surface area contributed by atoms with Gasteiger partial charge in [-0.05, 0) is 38.5 Å². The number of carbonyl (C=O) groups is 2. The number of esters is 1. The summed E-state index contributed by atoms with van der Waals surface area (Å²) < 4.78 is 18.9. The minimum Gasteiger partial charge on any atom is -0.462 e. The first-order valence-electron chi connectivity index (χ1n) is 7.82. The Morgan fingerprint density at radius 2 is 2.00 bits per heavy atom. The zero-order valence-corrected chi connectivity index (χ0v) is 15.3. The highest BCUT2D eigenvalue weighted by Crippen LogP contribution is 2.23. The number of rotatable bonds is 5. The number of carbonyl (C=O) groups excluding carboxylic acids is 2. The lowest BCUT2D eigenvalue weighted by Gasteiger charge is -2.18. The van der Waals surface area contributed by atoms with Gasteiger partial charge in [0.1, 0.15) is 11.5 Å². The number of nitrogens with zero attached hydrogens (tertiary/aromatic N) is 1. The predicted octanol–water partition coefficient (Wildman–Crippen LogP) is 3.87. The molecule has 25 heavy (non-hydrogen) atoms. The maximum Gasteiger partial charge on any atom is 0.340 e. The Balaban J connectivity index is 2.29. The number of ether oxygens (including phenoxy) is 1. The largest absolute Gasteiger partial charge is 0.462 e. The molecule has 1 amide bonds. The molecule has 1 heterocycles. The van der Waals surface area contributed by atoms with Crippen molar-refractivity contribution in [2.75, 3.05) is 13.7 Å². The molecular weight excluding hydrogens is 347 g/mol. The van der Waals surface area contributed by atoms with E-state index in [-0.39, 0.29) is 35.3 Å². The van der Waals surface area contributed by atoms with Crippen molar-refractivity contribution >= 4 is 23.5 Å². The van der Waals surface area contributed by atoms with E-state index in [0.717, 1.165) is 0 Å². The lowest BCUT2D eigenvalue weighted by Crippen LogP contribution is -2.27. The Labute approximate surface area is 150 Å². The highest BCUT2D eigenvalue weighted by atomic mass is 35.5. The lowest BCUT2D eigenvalue weighted by atomic mass is 10.1. The van der Waals surface area contributed by atoms with E-state index in [0.29, 0.717) is 16.8 Å². The second-order valence-electron chi connectivity index (χ2n) is 5.71. The van der Waals surface area contributed by atoms with Gasteiger partial charge in [0.15, 0.2) is 0 Å². The van der Waals surface area contributed by atoms with Crippen molar-refractivity contribution in [1.82, 2.24) is 9.88 Å². The minimum absolute atomic E-state index is 0.0105. The molecule has 0 atom stereocenters. The molecule has 0 radical (unpaired) electrons. The first-order chi connectivity index (χ1) is 11.8. The fraction of sp³-hybridized carbons (Fsp3) is 0.333. The summed E-state index contributed by atoms with van der Waals surface area (Å²) in [5, 5.41) is 0.256. The summed E-state index contributed by atoms with van der Waals surface area (Å²) in [6.07, 6.45) is 0. The number of hydrogen-bond acceptors (Lipinski definition) is 3. The van der Waals surface area contributed by atoms with Crippen LogP contribution in [-0.4, -0.2) is 35.4 Å². The van der Waals surface area contributed by atoms with E-state index in [1.807, 2.05) is 0 Å². The molecule has 5 nitrogen and oxygen atoms in total. The first-order valence-corrected chi connectivity index (χ1v) is 8.20. The second kappa shape index (κ2) is 7.70. The average molecular weight is 367 g/mol. The summed E-state index contributed by atoms with van der Waals surface area (Å²) in [6.45, 7) is 5.35. The van der Waals surface area contributed by atoms with Gasteiger partial charge in [0.25, 0.3) is 5.91 Å². The molecule has 2 aromatic rings. The highest BCUT2D eigenvalue weighted by molar-refractivity contribution is 6.31. The van der Waals surface area contributed by atoms with Crippen LogP contribution >= 0.6 is 11.6 Å². The van der Waals surface area contributed by atoms with Crippen LogP contribution < -0.4 is 0 Å². The van der Waals surface area contributed by atoms with E-state index >= 15 is 0 Å². The van der Waals surface area contributed by atoms with Gasteiger partial charge in [0, 0.05) is 23.3 Å². The lowest BCUT2D eigenvalue weighted by molar-refractivity contribution is 0.0525. The van der Waals surface area contributed by atoms with E-state index in [1.54, 1.807) is 33.9 Å². The van der Waals surface area contributed by atoms with Gasteiger partial charge in [0.05, 0.1) is 18.7 Å². The number of hydrogen-bond donors (Lipinski definition) is 1. The van der Waals surface area contributed by atoms with Crippen molar-refractivity contribution in [3.8, 4) is 0 Å². The molecule has 1 N–H and O–H groups in total. The van der Waals surface area contributed by atoms with E-state index in [9.17, 15) is 14.0 Å². The molecular formula is C18H20ClFN2O3. The fourth-order valence-corrected chi connectivity index (χ4v) is 2.88. The summed E-state index contributed by atoms with van der Waals surface area (Å²) in [7, 11) is 1.55. The normalized spacial score (nSPS) is 10.6. The summed E-state index contributed by atoms with van der Waals surface area (Å²) in [4.78, 5) is 29.0. The standard InChI is InChI=1S/C18H20ClFN2O3/c1-5-25-18(24)15-10(2)16(21-11(15)3)17(23)22(4)9-12-13(19)7-6-8-14(12)20/h6-8,21H,5,9H2,1-4H3. The van der Waals surface area contributed by atoms with Crippen molar-refractivity contribution in [3.05, 3.63) is 57.1 Å². The van der Waals surface area contributed by atoms with E-state index in [4.69, 9.17) is 16.3 Å². The monoisotopic (exact) mass is 366 g/mol. The summed E-state index contributed by atoms with van der Waals surface area (Å²) in [5.74, 6) is -1.32. The fourth-order valence-electron chi connectivity index (χ4n) is 2.66. The summed E-state index contributed by atoms with van der Waals surface area (Å²) in [6, 6.07) is 4.37. The Kier molecular flexibility index (Phi) is 5.85. The zero-order chi connectivity index (χ0) is 18.7.